The molecule has 0 bridgehead atoms. The zero-order valence-electron chi connectivity index (χ0n) is 17.5. The fraction of sp³-hybridized carbons (Fsp3) is 0.261. The average Bonchev–Trinajstić information content (AvgIpc) is 3.20. The number of aromatic nitrogens is 1. The molecule has 0 amide bonds. The monoisotopic (exact) mass is 441 g/mol. The number of carbonyl (C=O) groups excluding carboxylic acids is 1. The number of rotatable bonds is 6. The third kappa shape index (κ3) is 3.46. The van der Waals surface area contributed by atoms with Crippen molar-refractivity contribution in [2.45, 2.75) is 24.2 Å². The molecule has 2 aromatic carbocycles. The molecule has 1 aliphatic rings. The minimum Gasteiger partial charge on any atom is -0.493 e. The first-order valence-electron chi connectivity index (χ1n) is 9.80. The molecule has 8 heteroatoms. The second-order valence-electron chi connectivity index (χ2n) is 7.17. The Morgan fingerprint density at radius 2 is 1.55 bits per heavy atom. The third-order valence-corrected chi connectivity index (χ3v) is 7.12. The van der Waals surface area contributed by atoms with Gasteiger partial charge in [0.05, 0.1) is 31.9 Å². The minimum atomic E-state index is -3.94. The van der Waals surface area contributed by atoms with Crippen LogP contribution in [0.25, 0.3) is 11.3 Å². The molecule has 0 unspecified atom stereocenters. The molecule has 7 nitrogen and oxygen atoms in total. The van der Waals surface area contributed by atoms with Gasteiger partial charge in [0, 0.05) is 23.7 Å². The number of fused-ring (bicyclic) bond motifs is 1. The van der Waals surface area contributed by atoms with E-state index in [1.807, 2.05) is 0 Å². The molecule has 0 saturated heterocycles. The van der Waals surface area contributed by atoms with Gasteiger partial charge in [-0.2, -0.15) is 0 Å². The molecule has 0 aliphatic heterocycles. The van der Waals surface area contributed by atoms with Gasteiger partial charge < -0.3 is 14.2 Å². The Morgan fingerprint density at radius 3 is 2.13 bits per heavy atom. The summed E-state index contributed by atoms with van der Waals surface area (Å²) < 4.78 is 44.6. The zero-order chi connectivity index (χ0) is 22.2. The molecule has 0 N–H and O–H groups in total. The van der Waals surface area contributed by atoms with Crippen molar-refractivity contribution in [3.63, 3.8) is 0 Å². The molecule has 0 spiro atoms. The first kappa shape index (κ1) is 21.0. The molecule has 1 aliphatic carbocycles. The molecular weight excluding hydrogens is 418 g/mol. The number of benzene rings is 2. The van der Waals surface area contributed by atoms with Crippen LogP contribution in [0.5, 0.6) is 17.2 Å². The summed E-state index contributed by atoms with van der Waals surface area (Å²) in [5.74, 6) is 1.15. The summed E-state index contributed by atoms with van der Waals surface area (Å²) in [7, 11) is 0.564. The predicted octanol–water partition coefficient (Wildman–Crippen LogP) is 3.94. The maximum absolute atomic E-state index is 13.5. The van der Waals surface area contributed by atoms with Gasteiger partial charge in [-0.3, -0.25) is 4.79 Å². The number of hydrogen-bond donors (Lipinski definition) is 0. The standard InChI is InChI=1S/C23H23NO6S/c1-28-20-12-15(13-21(29-2)23(20)30-3)22-17-10-7-11-19(25)18(17)14-24(22)31(26,27)16-8-5-4-6-9-16/h4-6,8-9,12-14H,7,10-11H2,1-3H3. The number of Topliss-reactive ketones (excluding diaryl/α,β-unsaturated/α-hetero) is 1. The molecule has 31 heavy (non-hydrogen) atoms. The molecule has 0 saturated carbocycles. The van der Waals surface area contributed by atoms with E-state index in [0.29, 0.717) is 58.9 Å². The van der Waals surface area contributed by atoms with Crippen molar-refractivity contribution in [2.24, 2.45) is 0 Å². The van der Waals surface area contributed by atoms with E-state index >= 15 is 0 Å². The lowest BCUT2D eigenvalue weighted by atomic mass is 9.91. The van der Waals surface area contributed by atoms with Crippen LogP contribution in [0.4, 0.5) is 0 Å². The average molecular weight is 442 g/mol. The van der Waals surface area contributed by atoms with Gasteiger partial charge in [-0.25, -0.2) is 12.4 Å². The number of methoxy groups -OCH3 is 3. The Balaban J connectivity index is 2.04. The van der Waals surface area contributed by atoms with Gasteiger partial charge in [-0.05, 0) is 42.7 Å². The molecule has 0 atom stereocenters. The SMILES string of the molecule is COc1cc(-c2c3c(cn2S(=O)(=O)c2ccccc2)C(=O)CCC3)cc(OC)c1OC. The summed E-state index contributed by atoms with van der Waals surface area (Å²) in [6.45, 7) is 0. The summed E-state index contributed by atoms with van der Waals surface area (Å²) in [5.41, 5.74) is 2.15. The van der Waals surface area contributed by atoms with Gasteiger partial charge in [0.2, 0.25) is 5.75 Å². The van der Waals surface area contributed by atoms with E-state index in [-0.39, 0.29) is 10.7 Å². The Morgan fingerprint density at radius 1 is 0.903 bits per heavy atom. The second-order valence-corrected chi connectivity index (χ2v) is 8.99. The van der Waals surface area contributed by atoms with Crippen LogP contribution >= 0.6 is 0 Å². The largest absolute Gasteiger partial charge is 0.493 e. The van der Waals surface area contributed by atoms with Crippen LogP contribution in [0.1, 0.15) is 28.8 Å². The van der Waals surface area contributed by atoms with E-state index in [4.69, 9.17) is 14.2 Å². The summed E-state index contributed by atoms with van der Waals surface area (Å²) in [6, 6.07) is 11.6. The lowest BCUT2D eigenvalue weighted by Crippen LogP contribution is -2.13. The lowest BCUT2D eigenvalue weighted by Gasteiger charge is -2.18. The third-order valence-electron chi connectivity index (χ3n) is 5.45. The highest BCUT2D eigenvalue weighted by Gasteiger charge is 2.31. The quantitative estimate of drug-likeness (QED) is 0.576. The molecule has 1 heterocycles. The topological polar surface area (TPSA) is 83.8 Å². The van der Waals surface area contributed by atoms with E-state index in [1.165, 1.54) is 43.6 Å². The van der Waals surface area contributed by atoms with Crippen LogP contribution in [0, 0.1) is 0 Å². The fourth-order valence-corrected chi connectivity index (χ4v) is 5.42. The molecule has 4 rings (SSSR count). The highest BCUT2D eigenvalue weighted by Crippen LogP contribution is 2.44. The maximum Gasteiger partial charge on any atom is 0.268 e. The van der Waals surface area contributed by atoms with Crippen LogP contribution in [0.3, 0.4) is 0 Å². The van der Waals surface area contributed by atoms with Crippen molar-refractivity contribution in [2.75, 3.05) is 21.3 Å². The smallest absolute Gasteiger partial charge is 0.268 e. The Hall–Kier alpha value is -3.26. The molecular formula is C23H23NO6S. The van der Waals surface area contributed by atoms with Crippen LogP contribution in [0.2, 0.25) is 0 Å². The van der Waals surface area contributed by atoms with E-state index < -0.39 is 10.0 Å². The van der Waals surface area contributed by atoms with Crippen molar-refractivity contribution in [3.8, 4) is 28.5 Å². The second kappa shape index (κ2) is 8.11. The van der Waals surface area contributed by atoms with Crippen molar-refractivity contribution >= 4 is 15.8 Å². The van der Waals surface area contributed by atoms with E-state index in [0.717, 1.165) is 0 Å². The van der Waals surface area contributed by atoms with Gasteiger partial charge in [0.1, 0.15) is 0 Å². The molecule has 0 radical (unpaired) electrons. The number of nitrogens with zero attached hydrogens (tertiary/aromatic N) is 1. The predicted molar refractivity (Wildman–Crippen MR) is 116 cm³/mol. The maximum atomic E-state index is 13.5. The van der Waals surface area contributed by atoms with E-state index in [1.54, 1.807) is 30.3 Å². The molecule has 3 aromatic rings. The van der Waals surface area contributed by atoms with Crippen molar-refractivity contribution in [3.05, 3.63) is 59.8 Å². The van der Waals surface area contributed by atoms with Gasteiger partial charge in [-0.1, -0.05) is 18.2 Å². The van der Waals surface area contributed by atoms with Crippen molar-refractivity contribution < 1.29 is 27.4 Å². The first-order chi connectivity index (χ1) is 14.9. The first-order valence-corrected chi connectivity index (χ1v) is 11.2. The van der Waals surface area contributed by atoms with Gasteiger partial charge in [0.25, 0.3) is 10.0 Å². The Labute approximate surface area is 181 Å². The zero-order valence-corrected chi connectivity index (χ0v) is 18.4. The van der Waals surface area contributed by atoms with Crippen molar-refractivity contribution in [1.29, 1.82) is 0 Å². The summed E-state index contributed by atoms with van der Waals surface area (Å²) in [6.07, 6.45) is 3.11. The normalized spacial score (nSPS) is 13.6. The van der Waals surface area contributed by atoms with E-state index in [9.17, 15) is 13.2 Å². The molecule has 0 fully saturated rings. The van der Waals surface area contributed by atoms with Crippen LogP contribution in [-0.2, 0) is 16.4 Å². The van der Waals surface area contributed by atoms with Crippen LogP contribution in [-0.4, -0.2) is 39.5 Å². The summed E-state index contributed by atoms with van der Waals surface area (Å²) in [4.78, 5) is 12.8. The van der Waals surface area contributed by atoms with Crippen LogP contribution < -0.4 is 14.2 Å². The Bertz CT molecular complexity index is 1220. The number of hydrogen-bond acceptors (Lipinski definition) is 6. The molecule has 162 valence electrons. The van der Waals surface area contributed by atoms with Gasteiger partial charge >= 0.3 is 0 Å². The Kier molecular flexibility index (Phi) is 5.49. The number of ether oxygens (including phenoxy) is 3. The number of ketones is 1. The summed E-state index contributed by atoms with van der Waals surface area (Å²) >= 11 is 0. The van der Waals surface area contributed by atoms with Crippen LogP contribution in [0.15, 0.2) is 53.6 Å². The van der Waals surface area contributed by atoms with Gasteiger partial charge in [0.15, 0.2) is 17.3 Å². The lowest BCUT2D eigenvalue weighted by molar-refractivity contribution is 0.0973. The molecule has 1 aromatic heterocycles. The highest BCUT2D eigenvalue weighted by atomic mass is 32.2. The van der Waals surface area contributed by atoms with Gasteiger partial charge in [-0.15, -0.1) is 0 Å². The van der Waals surface area contributed by atoms with Crippen molar-refractivity contribution in [1.82, 2.24) is 3.97 Å². The number of carbonyl (C=O) groups is 1. The highest BCUT2D eigenvalue weighted by molar-refractivity contribution is 7.90. The fourth-order valence-electron chi connectivity index (χ4n) is 3.99. The minimum absolute atomic E-state index is 0.0584. The summed E-state index contributed by atoms with van der Waals surface area (Å²) in [5, 5.41) is 0. The van der Waals surface area contributed by atoms with E-state index in [2.05, 4.69) is 0 Å².